The van der Waals surface area contributed by atoms with E-state index in [1.807, 2.05) is 42.6 Å². The van der Waals surface area contributed by atoms with Crippen LogP contribution in [0, 0.1) is 0 Å². The van der Waals surface area contributed by atoms with Gasteiger partial charge in [0.2, 0.25) is 0 Å². The zero-order valence-corrected chi connectivity index (χ0v) is 20.8. The first kappa shape index (κ1) is 20.7. The Kier molecular flexibility index (Phi) is 4.02. The smallest absolute Gasteiger partial charge is 0.165 e. The third-order valence-corrected chi connectivity index (χ3v) is 7.96. The molecule has 0 spiro atoms. The summed E-state index contributed by atoms with van der Waals surface area (Å²) in [6.07, 6.45) is 1.89. The van der Waals surface area contributed by atoms with Crippen molar-refractivity contribution in [2.75, 3.05) is 0 Å². The van der Waals surface area contributed by atoms with Crippen LogP contribution in [-0.2, 0) is 0 Å². The molecule has 3 heterocycles. The number of hydrogen-bond acceptors (Lipinski definition) is 3. The zero-order valence-electron chi connectivity index (χ0n) is 20.8. The highest BCUT2D eigenvalue weighted by molar-refractivity contribution is 6.30. The van der Waals surface area contributed by atoms with Gasteiger partial charge in [0.1, 0.15) is 5.69 Å². The minimum atomic E-state index is 0.829. The Morgan fingerprint density at radius 2 is 1.21 bits per heavy atom. The molecule has 3 aromatic heterocycles. The van der Waals surface area contributed by atoms with E-state index in [4.69, 9.17) is 15.0 Å². The monoisotopic (exact) mass is 496 g/mol. The Labute approximate surface area is 223 Å². The third-order valence-electron chi connectivity index (χ3n) is 7.96. The molecule has 39 heavy (non-hydrogen) atoms. The van der Waals surface area contributed by atoms with Gasteiger partial charge in [-0.15, -0.1) is 0 Å². The molecular weight excluding hydrogens is 476 g/mol. The number of benzene rings is 5. The lowest BCUT2D eigenvalue weighted by atomic mass is 9.96. The number of aromatic nitrogens is 4. The van der Waals surface area contributed by atoms with E-state index in [2.05, 4.69) is 83.4 Å². The fourth-order valence-corrected chi connectivity index (χ4v) is 6.35. The van der Waals surface area contributed by atoms with Crippen molar-refractivity contribution < 1.29 is 0 Å². The lowest BCUT2D eigenvalue weighted by Gasteiger charge is -2.15. The van der Waals surface area contributed by atoms with Crippen LogP contribution < -0.4 is 0 Å². The maximum absolute atomic E-state index is 5.27. The first-order chi connectivity index (χ1) is 19.4. The molecule has 0 bridgehead atoms. The molecule has 0 N–H and O–H groups in total. The Morgan fingerprint density at radius 3 is 2.10 bits per heavy atom. The van der Waals surface area contributed by atoms with Gasteiger partial charge in [-0.25, -0.2) is 9.97 Å². The van der Waals surface area contributed by atoms with Crippen molar-refractivity contribution in [3.05, 3.63) is 121 Å². The standard InChI is InChI=1S/C35H20N4/c1-2-9-22(10-3-1)33-35(38-27-16-5-4-15-26(27)37-33)39-28-17-7-13-25-31(28)32-29(39)19-18-21-11-6-12-23(30(21)32)24-14-8-20-36-34(24)25/h1-20H. The summed E-state index contributed by atoms with van der Waals surface area (Å²) >= 11 is 0. The van der Waals surface area contributed by atoms with E-state index in [1.165, 1.54) is 32.7 Å². The number of rotatable bonds is 2. The molecule has 0 aliphatic heterocycles. The van der Waals surface area contributed by atoms with Crippen molar-refractivity contribution in [3.63, 3.8) is 0 Å². The average Bonchev–Trinajstić information content (AvgIpc) is 3.28. The molecule has 0 saturated heterocycles. The average molecular weight is 497 g/mol. The predicted molar refractivity (Wildman–Crippen MR) is 159 cm³/mol. The van der Waals surface area contributed by atoms with Gasteiger partial charge in [-0.1, -0.05) is 84.9 Å². The molecule has 1 aliphatic rings. The summed E-state index contributed by atoms with van der Waals surface area (Å²) in [5, 5.41) is 4.92. The van der Waals surface area contributed by atoms with E-state index in [0.29, 0.717) is 0 Å². The van der Waals surface area contributed by atoms with Crippen molar-refractivity contribution in [3.8, 4) is 39.5 Å². The second kappa shape index (κ2) is 7.59. The van der Waals surface area contributed by atoms with Gasteiger partial charge in [-0.3, -0.25) is 9.55 Å². The summed E-state index contributed by atoms with van der Waals surface area (Å²) in [5.74, 6) is 0.829. The van der Waals surface area contributed by atoms with Crippen molar-refractivity contribution in [1.82, 2.24) is 19.5 Å². The summed E-state index contributed by atoms with van der Waals surface area (Å²) in [6.45, 7) is 0. The quantitative estimate of drug-likeness (QED) is 0.241. The van der Waals surface area contributed by atoms with E-state index in [1.54, 1.807) is 0 Å². The molecule has 9 rings (SSSR count). The SMILES string of the molecule is c1ccc(-c2nc3ccccc3nc2-n2c3cccc4c3c3c5c(cccc5ccc32)-c2cccnc2-4)cc1. The van der Waals surface area contributed by atoms with Crippen molar-refractivity contribution in [1.29, 1.82) is 0 Å². The summed E-state index contributed by atoms with van der Waals surface area (Å²) in [5.41, 5.74) is 10.4. The van der Waals surface area contributed by atoms with Gasteiger partial charge in [0.25, 0.3) is 0 Å². The summed E-state index contributed by atoms with van der Waals surface area (Å²) in [4.78, 5) is 15.4. The maximum Gasteiger partial charge on any atom is 0.165 e. The van der Waals surface area contributed by atoms with E-state index < -0.39 is 0 Å². The molecule has 0 saturated carbocycles. The van der Waals surface area contributed by atoms with Crippen LogP contribution in [-0.4, -0.2) is 19.5 Å². The number of pyridine rings is 1. The highest BCUT2D eigenvalue weighted by atomic mass is 15.1. The minimum absolute atomic E-state index is 0.829. The van der Waals surface area contributed by atoms with Gasteiger partial charge in [-0.2, -0.15) is 0 Å². The molecule has 4 nitrogen and oxygen atoms in total. The van der Waals surface area contributed by atoms with Crippen LogP contribution in [0.1, 0.15) is 0 Å². The van der Waals surface area contributed by atoms with Crippen LogP contribution in [0.3, 0.4) is 0 Å². The molecule has 0 unspecified atom stereocenters. The van der Waals surface area contributed by atoms with Gasteiger partial charge in [0, 0.05) is 33.7 Å². The molecule has 5 aromatic carbocycles. The van der Waals surface area contributed by atoms with E-state index in [9.17, 15) is 0 Å². The highest BCUT2D eigenvalue weighted by Gasteiger charge is 2.26. The molecule has 0 fully saturated rings. The number of fused-ring (bicyclic) bond motifs is 4. The fourth-order valence-electron chi connectivity index (χ4n) is 6.35. The van der Waals surface area contributed by atoms with Gasteiger partial charge >= 0.3 is 0 Å². The highest BCUT2D eigenvalue weighted by Crippen LogP contribution is 2.49. The molecule has 0 atom stereocenters. The molecule has 1 aliphatic carbocycles. The minimum Gasteiger partial charge on any atom is -0.292 e. The topological polar surface area (TPSA) is 43.6 Å². The number of para-hydroxylation sites is 2. The third kappa shape index (κ3) is 2.75. The molecule has 4 heteroatoms. The largest absolute Gasteiger partial charge is 0.292 e. The predicted octanol–water partition coefficient (Wildman–Crippen LogP) is 8.59. The van der Waals surface area contributed by atoms with Crippen LogP contribution in [0.4, 0.5) is 0 Å². The maximum atomic E-state index is 5.27. The van der Waals surface area contributed by atoms with Gasteiger partial charge in [-0.05, 0) is 46.7 Å². The number of hydrogen-bond donors (Lipinski definition) is 0. The van der Waals surface area contributed by atoms with Crippen LogP contribution in [0.15, 0.2) is 121 Å². The van der Waals surface area contributed by atoms with Crippen LogP contribution in [0.5, 0.6) is 0 Å². The summed E-state index contributed by atoms with van der Waals surface area (Å²) in [6, 6.07) is 40.3. The summed E-state index contributed by atoms with van der Waals surface area (Å²) < 4.78 is 2.31. The zero-order chi connectivity index (χ0) is 25.5. The first-order valence-electron chi connectivity index (χ1n) is 13.1. The second-order valence-electron chi connectivity index (χ2n) is 10.0. The van der Waals surface area contributed by atoms with E-state index in [-0.39, 0.29) is 0 Å². The first-order valence-corrected chi connectivity index (χ1v) is 13.1. The fraction of sp³-hybridized carbons (Fsp3) is 0. The van der Waals surface area contributed by atoms with Crippen molar-refractivity contribution >= 4 is 43.6 Å². The van der Waals surface area contributed by atoms with Crippen LogP contribution in [0.2, 0.25) is 0 Å². The van der Waals surface area contributed by atoms with Crippen molar-refractivity contribution in [2.24, 2.45) is 0 Å². The lowest BCUT2D eigenvalue weighted by Crippen LogP contribution is -2.04. The van der Waals surface area contributed by atoms with E-state index >= 15 is 0 Å². The number of nitrogens with zero attached hydrogens (tertiary/aromatic N) is 4. The molecular formula is C35H20N4. The Morgan fingerprint density at radius 1 is 0.462 bits per heavy atom. The molecule has 8 aromatic rings. The van der Waals surface area contributed by atoms with Gasteiger partial charge in [0.05, 0.1) is 27.8 Å². The molecule has 0 radical (unpaired) electrons. The molecule has 180 valence electrons. The normalized spacial score (nSPS) is 12.1. The van der Waals surface area contributed by atoms with E-state index in [0.717, 1.165) is 50.4 Å². The summed E-state index contributed by atoms with van der Waals surface area (Å²) in [7, 11) is 0. The Hall–Kier alpha value is -5.35. The van der Waals surface area contributed by atoms with Gasteiger partial charge < -0.3 is 0 Å². The Balaban J connectivity index is 1.53. The second-order valence-corrected chi connectivity index (χ2v) is 10.0. The molecule has 0 amide bonds. The lowest BCUT2D eigenvalue weighted by molar-refractivity contribution is 1.08. The van der Waals surface area contributed by atoms with Crippen molar-refractivity contribution in [2.45, 2.75) is 0 Å². The van der Waals surface area contributed by atoms with Crippen LogP contribution in [0.25, 0.3) is 83.1 Å². The van der Waals surface area contributed by atoms with Gasteiger partial charge in [0.15, 0.2) is 5.82 Å². The van der Waals surface area contributed by atoms with Crippen LogP contribution >= 0.6 is 0 Å². The Bertz CT molecular complexity index is 2280.